The van der Waals surface area contributed by atoms with Crippen molar-refractivity contribution >= 4 is 42.8 Å². The fourth-order valence-corrected chi connectivity index (χ4v) is 2.52. The highest BCUT2D eigenvalue weighted by Gasteiger charge is 2.02. The quantitative estimate of drug-likeness (QED) is 0.808. The molecular weight excluding hydrogens is 298 g/mol. The Morgan fingerprint density at radius 2 is 1.92 bits per heavy atom. The Hall–Kier alpha value is -0.610. The number of halogens is 2. The van der Waals surface area contributed by atoms with Gasteiger partial charge >= 0.3 is 0 Å². The smallest absolute Gasteiger partial charge is 0.134 e. The largest absolute Gasteiger partial charge is 0.506 e. The molecule has 0 saturated heterocycles. The van der Waals surface area contributed by atoms with Gasteiger partial charge in [-0.25, -0.2) is 0 Å². The molecule has 1 aromatic carbocycles. The van der Waals surface area contributed by atoms with E-state index in [-0.39, 0.29) is 5.75 Å². The van der Waals surface area contributed by atoms with Gasteiger partial charge in [-0.05, 0) is 34.1 Å². The van der Waals surface area contributed by atoms with Crippen LogP contribution in [0.3, 0.4) is 0 Å². The second kappa shape index (κ2) is 3.27. The summed E-state index contributed by atoms with van der Waals surface area (Å²) < 4.78 is 1.87. The van der Waals surface area contributed by atoms with E-state index in [1.165, 1.54) is 6.20 Å². The van der Waals surface area contributed by atoms with Crippen molar-refractivity contribution in [3.63, 3.8) is 0 Å². The molecule has 0 spiro atoms. The number of aromatic hydroxyl groups is 1. The normalized spacial score (nSPS) is 10.6. The van der Waals surface area contributed by atoms with Crippen LogP contribution in [0.1, 0.15) is 0 Å². The van der Waals surface area contributed by atoms with Gasteiger partial charge in [-0.2, -0.15) is 0 Å². The minimum absolute atomic E-state index is 0.178. The zero-order chi connectivity index (χ0) is 9.42. The standard InChI is InChI=1S/C9H5Br2NO/c10-6-1-5-2-7(13)4-12-9(5)8(11)3-6/h1-4,13H. The Kier molecular flexibility index (Phi) is 2.26. The molecule has 0 aliphatic rings. The Labute approximate surface area is 91.9 Å². The Balaban J connectivity index is 2.86. The van der Waals surface area contributed by atoms with E-state index in [0.29, 0.717) is 0 Å². The van der Waals surface area contributed by atoms with Gasteiger partial charge in [0.25, 0.3) is 0 Å². The molecule has 0 radical (unpaired) electrons. The first-order chi connectivity index (χ1) is 6.16. The molecule has 0 aliphatic carbocycles. The average molecular weight is 303 g/mol. The maximum Gasteiger partial charge on any atom is 0.134 e. The van der Waals surface area contributed by atoms with E-state index < -0.39 is 0 Å². The number of aromatic nitrogens is 1. The highest BCUT2D eigenvalue weighted by atomic mass is 79.9. The Morgan fingerprint density at radius 3 is 2.69 bits per heavy atom. The third-order valence-corrected chi connectivity index (χ3v) is 2.75. The molecule has 66 valence electrons. The summed E-state index contributed by atoms with van der Waals surface area (Å²) in [5.74, 6) is 0.178. The maximum absolute atomic E-state index is 9.22. The highest BCUT2D eigenvalue weighted by Crippen LogP contribution is 2.28. The highest BCUT2D eigenvalue weighted by molar-refractivity contribution is 9.11. The van der Waals surface area contributed by atoms with Crippen LogP contribution in [-0.2, 0) is 0 Å². The van der Waals surface area contributed by atoms with Crippen molar-refractivity contribution in [3.8, 4) is 5.75 Å². The molecule has 1 aromatic heterocycles. The zero-order valence-electron chi connectivity index (χ0n) is 6.46. The molecule has 0 bridgehead atoms. The number of fused-ring (bicyclic) bond motifs is 1. The van der Waals surface area contributed by atoms with E-state index in [4.69, 9.17) is 0 Å². The second-order valence-electron chi connectivity index (χ2n) is 2.65. The first-order valence-electron chi connectivity index (χ1n) is 3.60. The van der Waals surface area contributed by atoms with Crippen LogP contribution in [0.5, 0.6) is 5.75 Å². The molecule has 2 nitrogen and oxygen atoms in total. The van der Waals surface area contributed by atoms with E-state index in [1.807, 2.05) is 12.1 Å². The van der Waals surface area contributed by atoms with Gasteiger partial charge in [-0.1, -0.05) is 15.9 Å². The molecule has 2 aromatic rings. The van der Waals surface area contributed by atoms with E-state index in [9.17, 15) is 5.11 Å². The molecule has 1 N–H and O–H groups in total. The Morgan fingerprint density at radius 1 is 1.15 bits per heavy atom. The van der Waals surface area contributed by atoms with Crippen molar-refractivity contribution in [1.29, 1.82) is 0 Å². The summed E-state index contributed by atoms with van der Waals surface area (Å²) in [6.45, 7) is 0. The van der Waals surface area contributed by atoms with Crippen LogP contribution in [0.4, 0.5) is 0 Å². The van der Waals surface area contributed by atoms with Gasteiger partial charge in [0.2, 0.25) is 0 Å². The molecule has 1 heterocycles. The molecule has 0 saturated carbocycles. The zero-order valence-corrected chi connectivity index (χ0v) is 9.63. The van der Waals surface area contributed by atoms with Gasteiger partial charge < -0.3 is 5.11 Å². The second-order valence-corrected chi connectivity index (χ2v) is 4.42. The molecule has 4 heteroatoms. The van der Waals surface area contributed by atoms with Crippen LogP contribution >= 0.6 is 31.9 Å². The molecule has 0 aliphatic heterocycles. The lowest BCUT2D eigenvalue weighted by molar-refractivity contribution is 0.474. The average Bonchev–Trinajstić information content (AvgIpc) is 2.02. The SMILES string of the molecule is Oc1cnc2c(Br)cc(Br)cc2c1. The predicted octanol–water partition coefficient (Wildman–Crippen LogP) is 3.47. The van der Waals surface area contributed by atoms with Gasteiger partial charge in [0.15, 0.2) is 0 Å². The van der Waals surface area contributed by atoms with Crippen LogP contribution in [-0.4, -0.2) is 10.1 Å². The monoisotopic (exact) mass is 301 g/mol. The van der Waals surface area contributed by atoms with Gasteiger partial charge in [-0.3, -0.25) is 4.98 Å². The first kappa shape index (κ1) is 8.97. The number of nitrogens with zero attached hydrogens (tertiary/aromatic N) is 1. The molecule has 0 amide bonds. The van der Waals surface area contributed by atoms with Crippen molar-refractivity contribution in [2.24, 2.45) is 0 Å². The van der Waals surface area contributed by atoms with Crippen molar-refractivity contribution in [2.45, 2.75) is 0 Å². The number of hydrogen-bond acceptors (Lipinski definition) is 2. The van der Waals surface area contributed by atoms with Gasteiger partial charge in [0, 0.05) is 14.3 Å². The van der Waals surface area contributed by atoms with E-state index in [2.05, 4.69) is 36.8 Å². The maximum atomic E-state index is 9.22. The fraction of sp³-hybridized carbons (Fsp3) is 0. The van der Waals surface area contributed by atoms with E-state index in [0.717, 1.165) is 19.8 Å². The summed E-state index contributed by atoms with van der Waals surface area (Å²) in [6, 6.07) is 5.51. The number of benzene rings is 1. The van der Waals surface area contributed by atoms with E-state index in [1.54, 1.807) is 6.07 Å². The lowest BCUT2D eigenvalue weighted by Crippen LogP contribution is -1.80. The van der Waals surface area contributed by atoms with Crippen LogP contribution in [0.2, 0.25) is 0 Å². The number of pyridine rings is 1. The van der Waals surface area contributed by atoms with Gasteiger partial charge in [0.1, 0.15) is 5.75 Å². The third kappa shape index (κ3) is 1.69. The van der Waals surface area contributed by atoms with Crippen molar-refractivity contribution in [3.05, 3.63) is 33.3 Å². The van der Waals surface area contributed by atoms with Crippen LogP contribution in [0.15, 0.2) is 33.3 Å². The summed E-state index contributed by atoms with van der Waals surface area (Å²) in [7, 11) is 0. The first-order valence-corrected chi connectivity index (χ1v) is 5.19. The van der Waals surface area contributed by atoms with Crippen molar-refractivity contribution in [1.82, 2.24) is 4.98 Å². The molecule has 0 atom stereocenters. The van der Waals surface area contributed by atoms with Crippen LogP contribution < -0.4 is 0 Å². The minimum atomic E-state index is 0.178. The van der Waals surface area contributed by atoms with Gasteiger partial charge in [-0.15, -0.1) is 0 Å². The molecule has 13 heavy (non-hydrogen) atoms. The van der Waals surface area contributed by atoms with Crippen LogP contribution in [0.25, 0.3) is 10.9 Å². The molecular formula is C9H5Br2NO. The summed E-state index contributed by atoms with van der Waals surface area (Å²) in [5.41, 5.74) is 0.848. The van der Waals surface area contributed by atoms with Crippen molar-refractivity contribution < 1.29 is 5.11 Å². The lowest BCUT2D eigenvalue weighted by Gasteiger charge is -2.01. The predicted molar refractivity (Wildman–Crippen MR) is 58.8 cm³/mol. The topological polar surface area (TPSA) is 33.1 Å². The van der Waals surface area contributed by atoms with Crippen LogP contribution in [0, 0.1) is 0 Å². The molecule has 2 rings (SSSR count). The summed E-state index contributed by atoms with van der Waals surface area (Å²) in [5, 5.41) is 10.1. The summed E-state index contributed by atoms with van der Waals surface area (Å²) in [6.07, 6.45) is 1.43. The fourth-order valence-electron chi connectivity index (χ4n) is 1.16. The summed E-state index contributed by atoms with van der Waals surface area (Å²) >= 11 is 6.77. The lowest BCUT2D eigenvalue weighted by atomic mass is 10.2. The molecule has 0 fully saturated rings. The number of rotatable bonds is 0. The summed E-state index contributed by atoms with van der Waals surface area (Å²) in [4.78, 5) is 4.10. The number of hydrogen-bond donors (Lipinski definition) is 1. The third-order valence-electron chi connectivity index (χ3n) is 1.69. The molecule has 0 unspecified atom stereocenters. The van der Waals surface area contributed by atoms with Gasteiger partial charge in [0.05, 0.1) is 11.7 Å². The van der Waals surface area contributed by atoms with E-state index >= 15 is 0 Å². The Bertz CT molecular complexity index is 465. The van der Waals surface area contributed by atoms with Crippen molar-refractivity contribution in [2.75, 3.05) is 0 Å². The minimum Gasteiger partial charge on any atom is -0.506 e.